The molecular weight excluding hydrogens is 208 g/mol. The van der Waals surface area contributed by atoms with Crippen molar-refractivity contribution in [1.29, 1.82) is 0 Å². The van der Waals surface area contributed by atoms with Gasteiger partial charge in [-0.05, 0) is 30.2 Å². The van der Waals surface area contributed by atoms with E-state index < -0.39 is 0 Å². The van der Waals surface area contributed by atoms with Gasteiger partial charge in [-0.15, -0.1) is 0 Å². The lowest BCUT2D eigenvalue weighted by molar-refractivity contribution is 0.0367. The molecule has 2 nitrogen and oxygen atoms in total. The highest BCUT2D eigenvalue weighted by molar-refractivity contribution is 5.19. The number of fused-ring (bicyclic) bond motifs is 1. The van der Waals surface area contributed by atoms with E-state index in [2.05, 4.69) is 37.5 Å². The molecule has 0 amide bonds. The molecule has 1 saturated carbocycles. The lowest BCUT2D eigenvalue weighted by Crippen LogP contribution is -2.56. The smallest absolute Gasteiger partial charge is 0.0223 e. The van der Waals surface area contributed by atoms with Crippen molar-refractivity contribution >= 4 is 0 Å². The Morgan fingerprint density at radius 2 is 1.47 bits per heavy atom. The van der Waals surface area contributed by atoms with E-state index in [-0.39, 0.29) is 0 Å². The van der Waals surface area contributed by atoms with Gasteiger partial charge in [-0.1, -0.05) is 34.1 Å². The van der Waals surface area contributed by atoms with Crippen LogP contribution in [0.25, 0.3) is 0 Å². The number of hydrogen-bond acceptors (Lipinski definition) is 2. The lowest BCUT2D eigenvalue weighted by Gasteiger charge is -2.45. The maximum absolute atomic E-state index is 2.80. The molecule has 0 spiro atoms. The SMILES string of the molecule is CC1(C)C(N2CCN3CCCCC3C2)C1(C)C. The van der Waals surface area contributed by atoms with Crippen LogP contribution in [0.15, 0.2) is 0 Å². The molecule has 0 aromatic heterocycles. The second-order valence-electron chi connectivity index (χ2n) is 7.53. The van der Waals surface area contributed by atoms with E-state index in [4.69, 9.17) is 0 Å². The second-order valence-corrected chi connectivity index (χ2v) is 7.53. The molecule has 1 unspecified atom stereocenters. The van der Waals surface area contributed by atoms with Gasteiger partial charge in [0.2, 0.25) is 0 Å². The molecule has 3 fully saturated rings. The fraction of sp³-hybridized carbons (Fsp3) is 1.00. The summed E-state index contributed by atoms with van der Waals surface area (Å²) in [6.07, 6.45) is 4.31. The van der Waals surface area contributed by atoms with Crippen LogP contribution in [0.3, 0.4) is 0 Å². The molecule has 1 atom stereocenters. The number of rotatable bonds is 1. The van der Waals surface area contributed by atoms with E-state index >= 15 is 0 Å². The molecule has 98 valence electrons. The predicted octanol–water partition coefficient (Wildman–Crippen LogP) is 2.59. The first-order chi connectivity index (χ1) is 7.94. The van der Waals surface area contributed by atoms with Gasteiger partial charge in [-0.3, -0.25) is 9.80 Å². The molecule has 0 aromatic rings. The normalized spacial score (nSPS) is 37.8. The average Bonchev–Trinajstić information content (AvgIpc) is 2.69. The van der Waals surface area contributed by atoms with Gasteiger partial charge in [0.1, 0.15) is 0 Å². The molecule has 2 heteroatoms. The summed E-state index contributed by atoms with van der Waals surface area (Å²) in [6.45, 7) is 15.1. The number of piperidine rings is 1. The summed E-state index contributed by atoms with van der Waals surface area (Å²) in [4.78, 5) is 5.54. The summed E-state index contributed by atoms with van der Waals surface area (Å²) in [5, 5.41) is 0. The molecule has 2 heterocycles. The fourth-order valence-electron chi connectivity index (χ4n) is 4.49. The first-order valence-electron chi connectivity index (χ1n) is 7.43. The Bertz CT molecular complexity index is 294. The van der Waals surface area contributed by atoms with Gasteiger partial charge in [-0.25, -0.2) is 0 Å². The largest absolute Gasteiger partial charge is 0.298 e. The van der Waals surface area contributed by atoms with Crippen molar-refractivity contribution in [1.82, 2.24) is 9.80 Å². The molecule has 2 aliphatic heterocycles. The second kappa shape index (κ2) is 3.71. The minimum atomic E-state index is 0.518. The van der Waals surface area contributed by atoms with E-state index in [0.717, 1.165) is 12.1 Å². The van der Waals surface area contributed by atoms with E-state index in [0.29, 0.717) is 10.8 Å². The van der Waals surface area contributed by atoms with Gasteiger partial charge in [0.05, 0.1) is 0 Å². The van der Waals surface area contributed by atoms with E-state index in [9.17, 15) is 0 Å². The Balaban J connectivity index is 1.67. The summed E-state index contributed by atoms with van der Waals surface area (Å²) >= 11 is 0. The third kappa shape index (κ3) is 1.67. The van der Waals surface area contributed by atoms with Crippen molar-refractivity contribution in [2.45, 2.75) is 59.0 Å². The van der Waals surface area contributed by atoms with Crippen molar-refractivity contribution < 1.29 is 0 Å². The standard InChI is InChI=1S/C15H28N2/c1-14(2)13(15(14,3)4)17-10-9-16-8-6-5-7-12(16)11-17/h12-13H,5-11H2,1-4H3. The zero-order chi connectivity index (χ0) is 12.3. The van der Waals surface area contributed by atoms with Crippen LogP contribution in [0.1, 0.15) is 47.0 Å². The zero-order valence-corrected chi connectivity index (χ0v) is 12.0. The van der Waals surface area contributed by atoms with E-state index in [1.165, 1.54) is 45.4 Å². The Kier molecular flexibility index (Phi) is 2.61. The maximum atomic E-state index is 2.80. The van der Waals surface area contributed by atoms with Crippen molar-refractivity contribution in [2.24, 2.45) is 10.8 Å². The van der Waals surface area contributed by atoms with Crippen LogP contribution in [0.2, 0.25) is 0 Å². The van der Waals surface area contributed by atoms with Crippen LogP contribution in [0.4, 0.5) is 0 Å². The van der Waals surface area contributed by atoms with Crippen LogP contribution in [-0.2, 0) is 0 Å². The zero-order valence-electron chi connectivity index (χ0n) is 12.0. The minimum Gasteiger partial charge on any atom is -0.298 e. The topological polar surface area (TPSA) is 6.48 Å². The summed E-state index contributed by atoms with van der Waals surface area (Å²) in [5.74, 6) is 0. The third-order valence-corrected chi connectivity index (χ3v) is 6.18. The molecule has 2 saturated heterocycles. The first-order valence-corrected chi connectivity index (χ1v) is 7.43. The van der Waals surface area contributed by atoms with Gasteiger partial charge in [0, 0.05) is 31.7 Å². The highest BCUT2D eigenvalue weighted by Crippen LogP contribution is 2.65. The minimum absolute atomic E-state index is 0.518. The summed E-state index contributed by atoms with van der Waals surface area (Å²) in [5.41, 5.74) is 1.04. The van der Waals surface area contributed by atoms with E-state index in [1.54, 1.807) is 0 Å². The molecule has 1 aliphatic carbocycles. The highest BCUT2D eigenvalue weighted by atomic mass is 15.3. The van der Waals surface area contributed by atoms with Gasteiger partial charge in [0.15, 0.2) is 0 Å². The Morgan fingerprint density at radius 1 is 0.824 bits per heavy atom. The molecular formula is C15H28N2. The monoisotopic (exact) mass is 236 g/mol. The van der Waals surface area contributed by atoms with Crippen LogP contribution in [-0.4, -0.2) is 48.1 Å². The van der Waals surface area contributed by atoms with Crippen LogP contribution < -0.4 is 0 Å². The first kappa shape index (κ1) is 12.0. The number of nitrogens with zero attached hydrogens (tertiary/aromatic N) is 2. The fourth-order valence-corrected chi connectivity index (χ4v) is 4.49. The molecule has 3 aliphatic rings. The number of piperazine rings is 1. The maximum Gasteiger partial charge on any atom is 0.0223 e. The van der Waals surface area contributed by atoms with E-state index in [1.807, 2.05) is 0 Å². The van der Waals surface area contributed by atoms with Gasteiger partial charge < -0.3 is 0 Å². The van der Waals surface area contributed by atoms with Crippen molar-refractivity contribution in [3.8, 4) is 0 Å². The van der Waals surface area contributed by atoms with Crippen molar-refractivity contribution in [3.63, 3.8) is 0 Å². The Hall–Kier alpha value is -0.0800. The quantitative estimate of drug-likeness (QED) is 0.690. The van der Waals surface area contributed by atoms with Crippen molar-refractivity contribution in [3.05, 3.63) is 0 Å². The molecule has 17 heavy (non-hydrogen) atoms. The predicted molar refractivity (Wildman–Crippen MR) is 72.1 cm³/mol. The average molecular weight is 236 g/mol. The molecule has 3 rings (SSSR count). The number of hydrogen-bond donors (Lipinski definition) is 0. The molecule has 0 radical (unpaired) electrons. The van der Waals surface area contributed by atoms with Crippen molar-refractivity contribution in [2.75, 3.05) is 26.2 Å². The van der Waals surface area contributed by atoms with Crippen LogP contribution in [0.5, 0.6) is 0 Å². The van der Waals surface area contributed by atoms with Gasteiger partial charge in [-0.2, -0.15) is 0 Å². The molecule has 0 N–H and O–H groups in total. The van der Waals surface area contributed by atoms with Gasteiger partial charge in [0.25, 0.3) is 0 Å². The third-order valence-electron chi connectivity index (χ3n) is 6.18. The lowest BCUT2D eigenvalue weighted by atomic mass is 9.99. The molecule has 0 bridgehead atoms. The Morgan fingerprint density at radius 3 is 2.12 bits per heavy atom. The summed E-state index contributed by atoms with van der Waals surface area (Å²) < 4.78 is 0. The van der Waals surface area contributed by atoms with Gasteiger partial charge >= 0.3 is 0 Å². The molecule has 0 aromatic carbocycles. The Labute approximate surface area is 106 Å². The summed E-state index contributed by atoms with van der Waals surface area (Å²) in [7, 11) is 0. The van der Waals surface area contributed by atoms with Crippen LogP contribution in [0, 0.1) is 10.8 Å². The highest BCUT2D eigenvalue weighted by Gasteiger charge is 2.67. The summed E-state index contributed by atoms with van der Waals surface area (Å²) in [6, 6.07) is 1.68. The van der Waals surface area contributed by atoms with Crippen LogP contribution >= 0.6 is 0 Å².